The number of nitrogens with zero attached hydrogens (tertiary/aromatic N) is 1. The molecule has 0 aliphatic carbocycles. The molecule has 9 heavy (non-hydrogen) atoms. The molecule has 0 bridgehead atoms. The van der Waals surface area contributed by atoms with Crippen LogP contribution in [0.4, 0.5) is 0 Å². The number of aromatic nitrogens is 1. The molecule has 1 nitrogen and oxygen atoms in total. The predicted octanol–water partition coefficient (Wildman–Crippen LogP) is 2.92. The van der Waals surface area contributed by atoms with Crippen molar-refractivity contribution in [1.82, 2.24) is 4.98 Å². The van der Waals surface area contributed by atoms with Crippen molar-refractivity contribution in [2.75, 3.05) is 0 Å². The van der Waals surface area contributed by atoms with Gasteiger partial charge < -0.3 is 0 Å². The first kappa shape index (κ1) is 7.22. The van der Waals surface area contributed by atoms with E-state index in [2.05, 4.69) is 36.8 Å². The van der Waals surface area contributed by atoms with Gasteiger partial charge in [-0.15, -0.1) is 0 Å². The standard InChI is InChI=1S/C6H5Br2N/c1-4-2-5(7)3-6(8)9-4/h2-3H,1H3. The molecule has 0 N–H and O–H groups in total. The van der Waals surface area contributed by atoms with Gasteiger partial charge in [-0.25, -0.2) is 4.98 Å². The maximum Gasteiger partial charge on any atom is 0.107 e. The molecule has 0 aliphatic rings. The summed E-state index contributed by atoms with van der Waals surface area (Å²) >= 11 is 6.61. The second kappa shape index (κ2) is 2.80. The van der Waals surface area contributed by atoms with Crippen LogP contribution in [0.5, 0.6) is 0 Å². The smallest absolute Gasteiger partial charge is 0.107 e. The van der Waals surface area contributed by atoms with Crippen molar-refractivity contribution < 1.29 is 0 Å². The molecule has 0 saturated carbocycles. The van der Waals surface area contributed by atoms with Gasteiger partial charge in [0.25, 0.3) is 0 Å². The number of aryl methyl sites for hydroxylation is 1. The molecule has 0 unspecified atom stereocenters. The summed E-state index contributed by atoms with van der Waals surface area (Å²) in [5.41, 5.74) is 1.01. The fourth-order valence-electron chi connectivity index (χ4n) is 0.588. The third kappa shape index (κ3) is 2.06. The predicted molar refractivity (Wildman–Crippen MR) is 44.4 cm³/mol. The quantitative estimate of drug-likeness (QED) is 0.646. The summed E-state index contributed by atoms with van der Waals surface area (Å²) in [7, 11) is 0. The van der Waals surface area contributed by atoms with Crippen LogP contribution < -0.4 is 0 Å². The number of hydrogen-bond donors (Lipinski definition) is 0. The van der Waals surface area contributed by atoms with E-state index < -0.39 is 0 Å². The van der Waals surface area contributed by atoms with E-state index in [0.717, 1.165) is 14.8 Å². The third-order valence-corrected chi connectivity index (χ3v) is 1.75. The second-order valence-corrected chi connectivity index (χ2v) is 3.48. The zero-order chi connectivity index (χ0) is 6.85. The monoisotopic (exact) mass is 249 g/mol. The van der Waals surface area contributed by atoms with Gasteiger partial charge in [0.2, 0.25) is 0 Å². The molecule has 1 aromatic heterocycles. The molecule has 0 atom stereocenters. The van der Waals surface area contributed by atoms with Crippen LogP contribution in [0.2, 0.25) is 0 Å². The van der Waals surface area contributed by atoms with Crippen LogP contribution in [0.3, 0.4) is 0 Å². The lowest BCUT2D eigenvalue weighted by atomic mass is 10.4. The maximum atomic E-state index is 4.12. The van der Waals surface area contributed by atoms with Gasteiger partial charge in [-0.05, 0) is 35.0 Å². The fraction of sp³-hybridized carbons (Fsp3) is 0.167. The molecule has 0 radical (unpaired) electrons. The average molecular weight is 251 g/mol. The normalized spacial score (nSPS) is 9.67. The van der Waals surface area contributed by atoms with Gasteiger partial charge in [0, 0.05) is 10.2 Å². The molecule has 0 aliphatic heterocycles. The summed E-state index contributed by atoms with van der Waals surface area (Å²) in [5.74, 6) is 0. The molecule has 1 heterocycles. The van der Waals surface area contributed by atoms with Crippen LogP contribution in [0.25, 0.3) is 0 Å². The van der Waals surface area contributed by atoms with Crippen LogP contribution in [0.15, 0.2) is 21.2 Å². The van der Waals surface area contributed by atoms with Gasteiger partial charge in [-0.2, -0.15) is 0 Å². The number of rotatable bonds is 0. The van der Waals surface area contributed by atoms with E-state index in [-0.39, 0.29) is 0 Å². The van der Waals surface area contributed by atoms with Crippen molar-refractivity contribution in [3.63, 3.8) is 0 Å². The summed E-state index contributed by atoms with van der Waals surface area (Å²) < 4.78 is 1.93. The van der Waals surface area contributed by atoms with Gasteiger partial charge in [-0.3, -0.25) is 0 Å². The Morgan fingerprint density at radius 3 is 2.44 bits per heavy atom. The summed E-state index contributed by atoms with van der Waals surface area (Å²) in [6, 6.07) is 3.87. The van der Waals surface area contributed by atoms with E-state index in [1.165, 1.54) is 0 Å². The molecule has 0 fully saturated rings. The lowest BCUT2D eigenvalue weighted by molar-refractivity contribution is 1.16. The summed E-state index contributed by atoms with van der Waals surface area (Å²) in [5, 5.41) is 0. The minimum atomic E-state index is 0.870. The van der Waals surface area contributed by atoms with E-state index in [1.807, 2.05) is 19.1 Å². The number of hydrogen-bond acceptors (Lipinski definition) is 1. The average Bonchev–Trinajstić information content (AvgIpc) is 1.59. The van der Waals surface area contributed by atoms with E-state index in [9.17, 15) is 0 Å². The van der Waals surface area contributed by atoms with E-state index >= 15 is 0 Å². The Kier molecular flexibility index (Phi) is 2.24. The highest BCUT2D eigenvalue weighted by molar-refractivity contribution is 9.11. The summed E-state index contributed by atoms with van der Waals surface area (Å²) in [6.07, 6.45) is 0. The Hall–Kier alpha value is 0.110. The Labute approximate surface area is 70.8 Å². The topological polar surface area (TPSA) is 12.9 Å². The van der Waals surface area contributed by atoms with Crippen molar-refractivity contribution in [2.24, 2.45) is 0 Å². The molecular weight excluding hydrogens is 246 g/mol. The molecule has 48 valence electrons. The van der Waals surface area contributed by atoms with Gasteiger partial charge in [0.1, 0.15) is 4.60 Å². The first-order valence-corrected chi connectivity index (χ1v) is 4.07. The van der Waals surface area contributed by atoms with E-state index in [0.29, 0.717) is 0 Å². The van der Waals surface area contributed by atoms with Crippen LogP contribution in [-0.4, -0.2) is 4.98 Å². The van der Waals surface area contributed by atoms with Gasteiger partial charge in [-0.1, -0.05) is 15.9 Å². The minimum Gasteiger partial charge on any atom is -0.246 e. The zero-order valence-electron chi connectivity index (χ0n) is 4.86. The van der Waals surface area contributed by atoms with E-state index in [1.54, 1.807) is 0 Å². The Bertz CT molecular complexity index is 172. The second-order valence-electron chi connectivity index (χ2n) is 1.75. The van der Waals surface area contributed by atoms with Crippen molar-refractivity contribution in [3.8, 4) is 0 Å². The van der Waals surface area contributed by atoms with Crippen LogP contribution >= 0.6 is 31.9 Å². The van der Waals surface area contributed by atoms with Crippen molar-refractivity contribution in [2.45, 2.75) is 6.92 Å². The van der Waals surface area contributed by atoms with E-state index in [4.69, 9.17) is 0 Å². The van der Waals surface area contributed by atoms with Crippen LogP contribution in [0, 0.1) is 6.92 Å². The molecule has 0 spiro atoms. The highest BCUT2D eigenvalue weighted by Crippen LogP contribution is 2.15. The molecular formula is C6H5Br2N. The summed E-state index contributed by atoms with van der Waals surface area (Å²) in [6.45, 7) is 1.95. The van der Waals surface area contributed by atoms with Gasteiger partial charge in [0.05, 0.1) is 0 Å². The molecule has 0 aromatic carbocycles. The maximum absolute atomic E-state index is 4.12. The third-order valence-electron chi connectivity index (χ3n) is 0.887. The first-order valence-electron chi connectivity index (χ1n) is 2.48. The summed E-state index contributed by atoms with van der Waals surface area (Å²) in [4.78, 5) is 4.12. The number of pyridine rings is 1. The fourth-order valence-corrected chi connectivity index (χ4v) is 1.97. The minimum absolute atomic E-state index is 0.870. The largest absolute Gasteiger partial charge is 0.246 e. The Morgan fingerprint density at radius 2 is 2.00 bits per heavy atom. The van der Waals surface area contributed by atoms with Crippen LogP contribution in [0.1, 0.15) is 5.69 Å². The molecule has 3 heteroatoms. The SMILES string of the molecule is Cc1cc(Br)cc(Br)n1. The highest BCUT2D eigenvalue weighted by Gasteiger charge is 1.91. The zero-order valence-corrected chi connectivity index (χ0v) is 8.03. The van der Waals surface area contributed by atoms with Crippen LogP contribution in [-0.2, 0) is 0 Å². The lowest BCUT2D eigenvalue weighted by Crippen LogP contribution is -1.79. The molecule has 1 aromatic rings. The first-order chi connectivity index (χ1) is 4.18. The van der Waals surface area contributed by atoms with Crippen molar-refractivity contribution >= 4 is 31.9 Å². The number of halogens is 2. The lowest BCUT2D eigenvalue weighted by Gasteiger charge is -1.93. The highest BCUT2D eigenvalue weighted by atomic mass is 79.9. The molecule has 0 amide bonds. The van der Waals surface area contributed by atoms with Gasteiger partial charge >= 0.3 is 0 Å². The van der Waals surface area contributed by atoms with Gasteiger partial charge in [0.15, 0.2) is 0 Å². The Balaban J connectivity index is 3.17. The Morgan fingerprint density at radius 1 is 1.33 bits per heavy atom. The molecule has 0 saturated heterocycles. The molecule has 1 rings (SSSR count). The van der Waals surface area contributed by atoms with Crippen molar-refractivity contribution in [3.05, 3.63) is 26.9 Å². The van der Waals surface area contributed by atoms with Crippen molar-refractivity contribution in [1.29, 1.82) is 0 Å².